The van der Waals surface area contributed by atoms with Gasteiger partial charge in [-0.15, -0.1) is 0 Å². The lowest BCUT2D eigenvalue weighted by Gasteiger charge is -2.25. The van der Waals surface area contributed by atoms with Crippen LogP contribution in [0.15, 0.2) is 48.5 Å². The number of rotatable bonds is 6. The number of ether oxygens (including phenoxy) is 1. The van der Waals surface area contributed by atoms with Crippen LogP contribution in [0.5, 0.6) is 5.75 Å². The van der Waals surface area contributed by atoms with Crippen molar-refractivity contribution in [1.29, 1.82) is 0 Å². The first-order valence-electron chi connectivity index (χ1n) is 9.24. The monoisotopic (exact) mass is 380 g/mol. The van der Waals surface area contributed by atoms with Crippen LogP contribution in [0.25, 0.3) is 0 Å². The summed E-state index contributed by atoms with van der Waals surface area (Å²) >= 11 is 0. The Bertz CT molecular complexity index is 858. The molecule has 6 nitrogen and oxygen atoms in total. The predicted molar refractivity (Wildman–Crippen MR) is 105 cm³/mol. The van der Waals surface area contributed by atoms with Crippen molar-refractivity contribution in [3.8, 4) is 5.75 Å². The molecule has 0 aliphatic carbocycles. The zero-order valence-corrected chi connectivity index (χ0v) is 16.3. The van der Waals surface area contributed by atoms with E-state index in [1.807, 2.05) is 31.2 Å². The van der Waals surface area contributed by atoms with Crippen molar-refractivity contribution in [2.45, 2.75) is 32.4 Å². The van der Waals surface area contributed by atoms with Crippen LogP contribution in [0, 0.1) is 0 Å². The average molecular weight is 380 g/mol. The molecule has 0 aromatic heterocycles. The summed E-state index contributed by atoms with van der Waals surface area (Å²) in [6.07, 6.45) is 0.562. The van der Waals surface area contributed by atoms with Gasteiger partial charge in [0.15, 0.2) is 0 Å². The Kier molecular flexibility index (Phi) is 5.78. The molecule has 1 unspecified atom stereocenters. The number of likely N-dealkylation sites (tertiary alicyclic amines) is 1. The maximum atomic E-state index is 12.8. The van der Waals surface area contributed by atoms with Crippen LogP contribution in [-0.4, -0.2) is 41.7 Å². The highest BCUT2D eigenvalue weighted by molar-refractivity contribution is 6.01. The molecule has 2 aromatic rings. The Labute approximate surface area is 164 Å². The van der Waals surface area contributed by atoms with E-state index in [-0.39, 0.29) is 43.1 Å². The fourth-order valence-corrected chi connectivity index (χ4v) is 3.22. The third kappa shape index (κ3) is 4.06. The molecular weight excluding hydrogens is 356 g/mol. The summed E-state index contributed by atoms with van der Waals surface area (Å²) in [5.41, 5.74) is 2.40. The van der Waals surface area contributed by atoms with E-state index in [2.05, 4.69) is 0 Å². The van der Waals surface area contributed by atoms with E-state index in [0.717, 1.165) is 16.9 Å². The molecule has 28 heavy (non-hydrogen) atoms. The lowest BCUT2D eigenvalue weighted by atomic mass is 10.1. The van der Waals surface area contributed by atoms with Crippen LogP contribution < -0.4 is 4.74 Å². The number of methoxy groups -OCH3 is 1. The first-order valence-corrected chi connectivity index (χ1v) is 9.24. The molecule has 1 atom stereocenters. The molecule has 2 aromatic carbocycles. The highest BCUT2D eigenvalue weighted by Gasteiger charge is 2.28. The van der Waals surface area contributed by atoms with Gasteiger partial charge in [-0.25, -0.2) is 0 Å². The Morgan fingerprint density at radius 1 is 1.04 bits per heavy atom. The summed E-state index contributed by atoms with van der Waals surface area (Å²) in [6, 6.07) is 14.6. The van der Waals surface area contributed by atoms with Gasteiger partial charge in [-0.2, -0.15) is 0 Å². The molecule has 0 N–H and O–H groups in total. The summed E-state index contributed by atoms with van der Waals surface area (Å²) in [6.45, 7) is 2.23. The molecule has 3 amide bonds. The first-order chi connectivity index (χ1) is 13.4. The van der Waals surface area contributed by atoms with Crippen molar-refractivity contribution in [1.82, 2.24) is 9.80 Å². The maximum absolute atomic E-state index is 12.8. The van der Waals surface area contributed by atoms with Crippen molar-refractivity contribution < 1.29 is 19.1 Å². The molecule has 1 aliphatic heterocycles. The number of imide groups is 1. The van der Waals surface area contributed by atoms with Crippen LogP contribution in [0.2, 0.25) is 0 Å². The Balaban J connectivity index is 1.67. The minimum atomic E-state index is -0.141. The second-order valence-electron chi connectivity index (χ2n) is 6.94. The molecule has 1 saturated heterocycles. The lowest BCUT2D eigenvalue weighted by Crippen LogP contribution is -2.30. The van der Waals surface area contributed by atoms with E-state index in [9.17, 15) is 14.4 Å². The Hall–Kier alpha value is -3.15. The van der Waals surface area contributed by atoms with Gasteiger partial charge in [0, 0.05) is 25.5 Å². The molecule has 1 fully saturated rings. The number of benzene rings is 2. The first kappa shape index (κ1) is 19.6. The number of carbonyl (C=O) groups is 3. The molecule has 6 heteroatoms. The Morgan fingerprint density at radius 2 is 1.61 bits per heavy atom. The van der Waals surface area contributed by atoms with Crippen molar-refractivity contribution in [3.63, 3.8) is 0 Å². The third-order valence-corrected chi connectivity index (χ3v) is 5.20. The molecule has 1 aliphatic rings. The average Bonchev–Trinajstić information content (AvgIpc) is 3.04. The molecule has 3 rings (SSSR count). The van der Waals surface area contributed by atoms with Gasteiger partial charge in [-0.05, 0) is 42.3 Å². The van der Waals surface area contributed by atoms with E-state index in [1.165, 1.54) is 4.90 Å². The highest BCUT2D eigenvalue weighted by atomic mass is 16.5. The summed E-state index contributed by atoms with van der Waals surface area (Å²) < 4.78 is 5.17. The number of nitrogens with zero attached hydrogens (tertiary/aromatic N) is 2. The molecule has 146 valence electrons. The molecule has 0 radical (unpaired) electrons. The van der Waals surface area contributed by atoms with Crippen LogP contribution in [0.1, 0.15) is 47.3 Å². The lowest BCUT2D eigenvalue weighted by molar-refractivity contribution is -0.139. The minimum absolute atomic E-state index is 0.0943. The zero-order valence-electron chi connectivity index (χ0n) is 16.3. The number of hydrogen-bond donors (Lipinski definition) is 0. The SMILES string of the molecule is COc1ccc(C(C)N(C)C(=O)c2ccc(CN3C(=O)CCC3=O)cc2)cc1. The number of carbonyl (C=O) groups excluding carboxylic acids is 3. The highest BCUT2D eigenvalue weighted by Crippen LogP contribution is 2.23. The van der Waals surface area contributed by atoms with E-state index in [4.69, 9.17) is 4.74 Å². The minimum Gasteiger partial charge on any atom is -0.497 e. The predicted octanol–water partition coefficient (Wildman–Crippen LogP) is 3.18. The maximum Gasteiger partial charge on any atom is 0.254 e. The van der Waals surface area contributed by atoms with Gasteiger partial charge in [-0.3, -0.25) is 19.3 Å². The standard InChI is InChI=1S/C22H24N2O4/c1-15(17-8-10-19(28-3)11-9-17)23(2)22(27)18-6-4-16(5-7-18)14-24-20(25)12-13-21(24)26/h4-11,15H,12-14H2,1-3H3. The van der Waals surface area contributed by atoms with Crippen molar-refractivity contribution in [2.24, 2.45) is 0 Å². The molecule has 0 saturated carbocycles. The van der Waals surface area contributed by atoms with Gasteiger partial charge >= 0.3 is 0 Å². The number of hydrogen-bond acceptors (Lipinski definition) is 4. The second-order valence-corrected chi connectivity index (χ2v) is 6.94. The summed E-state index contributed by atoms with van der Waals surface area (Å²) in [5.74, 6) is 0.398. The summed E-state index contributed by atoms with van der Waals surface area (Å²) in [5, 5.41) is 0. The third-order valence-electron chi connectivity index (χ3n) is 5.20. The Morgan fingerprint density at radius 3 is 2.14 bits per heavy atom. The topological polar surface area (TPSA) is 66.9 Å². The van der Waals surface area contributed by atoms with Gasteiger partial charge in [0.25, 0.3) is 5.91 Å². The normalized spacial score (nSPS) is 14.9. The van der Waals surface area contributed by atoms with Crippen LogP contribution in [0.4, 0.5) is 0 Å². The summed E-state index contributed by atoms with van der Waals surface area (Å²) in [7, 11) is 3.39. The smallest absolute Gasteiger partial charge is 0.254 e. The van der Waals surface area contributed by atoms with Crippen molar-refractivity contribution in [2.75, 3.05) is 14.2 Å². The molecule has 1 heterocycles. The van der Waals surface area contributed by atoms with E-state index in [0.29, 0.717) is 5.56 Å². The van der Waals surface area contributed by atoms with Gasteiger partial charge in [0.05, 0.1) is 19.7 Å². The van der Waals surface area contributed by atoms with Crippen LogP contribution >= 0.6 is 0 Å². The summed E-state index contributed by atoms with van der Waals surface area (Å²) in [4.78, 5) is 39.3. The molecular formula is C22H24N2O4. The number of amides is 3. The van der Waals surface area contributed by atoms with E-state index in [1.54, 1.807) is 43.3 Å². The molecule has 0 bridgehead atoms. The van der Waals surface area contributed by atoms with Crippen molar-refractivity contribution in [3.05, 3.63) is 65.2 Å². The van der Waals surface area contributed by atoms with Gasteiger partial charge < -0.3 is 9.64 Å². The fraction of sp³-hybridized carbons (Fsp3) is 0.318. The largest absolute Gasteiger partial charge is 0.497 e. The molecule has 0 spiro atoms. The quantitative estimate of drug-likeness (QED) is 0.722. The second kappa shape index (κ2) is 8.25. The van der Waals surface area contributed by atoms with Crippen molar-refractivity contribution >= 4 is 17.7 Å². The van der Waals surface area contributed by atoms with E-state index >= 15 is 0 Å². The van der Waals surface area contributed by atoms with Gasteiger partial charge in [0.1, 0.15) is 5.75 Å². The van der Waals surface area contributed by atoms with Crippen LogP contribution in [0.3, 0.4) is 0 Å². The van der Waals surface area contributed by atoms with Gasteiger partial charge in [-0.1, -0.05) is 24.3 Å². The zero-order chi connectivity index (χ0) is 20.3. The van der Waals surface area contributed by atoms with E-state index < -0.39 is 0 Å². The fourth-order valence-electron chi connectivity index (χ4n) is 3.22. The van der Waals surface area contributed by atoms with Crippen LogP contribution in [-0.2, 0) is 16.1 Å². The van der Waals surface area contributed by atoms with Gasteiger partial charge in [0.2, 0.25) is 11.8 Å².